The summed E-state index contributed by atoms with van der Waals surface area (Å²) in [5, 5.41) is 12.4. The van der Waals surface area contributed by atoms with Crippen LogP contribution in [0.3, 0.4) is 0 Å². The molecule has 3 heteroatoms. The third kappa shape index (κ3) is 5.48. The van der Waals surface area contributed by atoms with Crippen LogP contribution in [0, 0.1) is 11.3 Å². The highest BCUT2D eigenvalue weighted by atomic mass is 16.5. The van der Waals surface area contributed by atoms with Crippen LogP contribution in [-0.2, 0) is 4.74 Å². The quantitative estimate of drug-likeness (QED) is 0.699. The number of benzene rings is 1. The Morgan fingerprint density at radius 3 is 2.76 bits per heavy atom. The highest BCUT2D eigenvalue weighted by Gasteiger charge is 2.08. The minimum Gasteiger partial charge on any atom is -0.382 e. The molecule has 0 aromatic heterocycles. The van der Waals surface area contributed by atoms with E-state index in [2.05, 4.69) is 11.4 Å². The van der Waals surface area contributed by atoms with E-state index in [0.717, 1.165) is 31.7 Å². The van der Waals surface area contributed by atoms with E-state index in [1.54, 1.807) is 0 Å². The lowest BCUT2D eigenvalue weighted by molar-refractivity contribution is 0.145. The van der Waals surface area contributed by atoms with Gasteiger partial charge in [-0.2, -0.15) is 5.26 Å². The Morgan fingerprint density at radius 1 is 1.35 bits per heavy atom. The SMILES string of the molecule is CCOCCCNCC(C#N)c1ccccc1. The van der Waals surface area contributed by atoms with Gasteiger partial charge >= 0.3 is 0 Å². The van der Waals surface area contributed by atoms with E-state index in [1.165, 1.54) is 0 Å². The Morgan fingerprint density at radius 2 is 2.12 bits per heavy atom. The van der Waals surface area contributed by atoms with Crippen molar-refractivity contribution < 1.29 is 4.74 Å². The summed E-state index contributed by atoms with van der Waals surface area (Å²) in [5.74, 6) is -0.0664. The van der Waals surface area contributed by atoms with Crippen LogP contribution in [-0.4, -0.2) is 26.3 Å². The van der Waals surface area contributed by atoms with Crippen molar-refractivity contribution in [2.45, 2.75) is 19.3 Å². The van der Waals surface area contributed by atoms with Gasteiger partial charge in [-0.15, -0.1) is 0 Å². The molecule has 0 bridgehead atoms. The van der Waals surface area contributed by atoms with Gasteiger partial charge in [0, 0.05) is 19.8 Å². The number of hydrogen-bond donors (Lipinski definition) is 1. The molecule has 0 aliphatic carbocycles. The second kappa shape index (κ2) is 8.74. The van der Waals surface area contributed by atoms with Crippen molar-refractivity contribution in [2.75, 3.05) is 26.3 Å². The summed E-state index contributed by atoms with van der Waals surface area (Å²) in [4.78, 5) is 0. The summed E-state index contributed by atoms with van der Waals surface area (Å²) >= 11 is 0. The van der Waals surface area contributed by atoms with Crippen LogP contribution in [0.4, 0.5) is 0 Å². The molecule has 0 heterocycles. The normalized spacial score (nSPS) is 12.0. The molecule has 0 fully saturated rings. The first kappa shape index (κ1) is 13.7. The molecule has 17 heavy (non-hydrogen) atoms. The van der Waals surface area contributed by atoms with Gasteiger partial charge in [0.15, 0.2) is 0 Å². The second-order valence-electron chi connectivity index (χ2n) is 3.85. The van der Waals surface area contributed by atoms with Gasteiger partial charge in [-0.05, 0) is 25.5 Å². The monoisotopic (exact) mass is 232 g/mol. The first-order valence-corrected chi connectivity index (χ1v) is 6.11. The first-order valence-electron chi connectivity index (χ1n) is 6.11. The molecule has 1 N–H and O–H groups in total. The molecule has 92 valence electrons. The second-order valence-corrected chi connectivity index (χ2v) is 3.85. The predicted molar refractivity (Wildman–Crippen MR) is 68.8 cm³/mol. The van der Waals surface area contributed by atoms with Crippen molar-refractivity contribution in [1.29, 1.82) is 5.26 Å². The zero-order chi connectivity index (χ0) is 12.3. The topological polar surface area (TPSA) is 45.0 Å². The lowest BCUT2D eigenvalue weighted by atomic mass is 10.0. The highest BCUT2D eigenvalue weighted by Crippen LogP contribution is 2.12. The number of nitrogens with one attached hydrogen (secondary N) is 1. The summed E-state index contributed by atoms with van der Waals surface area (Å²) < 4.78 is 5.25. The highest BCUT2D eigenvalue weighted by molar-refractivity contribution is 5.24. The number of ether oxygens (including phenoxy) is 1. The minimum absolute atomic E-state index is 0.0664. The third-order valence-electron chi connectivity index (χ3n) is 2.55. The van der Waals surface area contributed by atoms with Crippen molar-refractivity contribution >= 4 is 0 Å². The number of rotatable bonds is 8. The van der Waals surface area contributed by atoms with E-state index >= 15 is 0 Å². The largest absolute Gasteiger partial charge is 0.382 e. The third-order valence-corrected chi connectivity index (χ3v) is 2.55. The maximum absolute atomic E-state index is 9.11. The molecular weight excluding hydrogens is 212 g/mol. The summed E-state index contributed by atoms with van der Waals surface area (Å²) in [5.41, 5.74) is 1.08. The minimum atomic E-state index is -0.0664. The van der Waals surface area contributed by atoms with E-state index in [-0.39, 0.29) is 5.92 Å². The van der Waals surface area contributed by atoms with Gasteiger partial charge in [-0.25, -0.2) is 0 Å². The smallest absolute Gasteiger partial charge is 0.0837 e. The van der Waals surface area contributed by atoms with Gasteiger partial charge in [-0.1, -0.05) is 30.3 Å². The van der Waals surface area contributed by atoms with E-state index in [1.807, 2.05) is 37.3 Å². The molecule has 0 amide bonds. The van der Waals surface area contributed by atoms with E-state index in [9.17, 15) is 0 Å². The van der Waals surface area contributed by atoms with Crippen LogP contribution in [0.1, 0.15) is 24.8 Å². The molecular formula is C14H20N2O. The van der Waals surface area contributed by atoms with Crippen LogP contribution < -0.4 is 5.32 Å². The first-order chi connectivity index (χ1) is 8.38. The molecule has 0 saturated carbocycles. The van der Waals surface area contributed by atoms with E-state index < -0.39 is 0 Å². The molecule has 0 aliphatic rings. The fraction of sp³-hybridized carbons (Fsp3) is 0.500. The Balaban J connectivity index is 2.23. The van der Waals surface area contributed by atoms with Crippen molar-refractivity contribution in [1.82, 2.24) is 5.32 Å². The average Bonchev–Trinajstić information content (AvgIpc) is 2.39. The molecule has 1 atom stereocenters. The van der Waals surface area contributed by atoms with Crippen molar-refractivity contribution in [2.24, 2.45) is 0 Å². The molecule has 0 spiro atoms. The predicted octanol–water partition coefficient (Wildman–Crippen LogP) is 2.31. The maximum atomic E-state index is 9.11. The standard InChI is InChI=1S/C14H20N2O/c1-2-17-10-6-9-16-12-14(11-15)13-7-4-3-5-8-13/h3-5,7-8,14,16H,2,6,9-10,12H2,1H3. The zero-order valence-corrected chi connectivity index (χ0v) is 10.4. The van der Waals surface area contributed by atoms with Crippen molar-refractivity contribution in [3.05, 3.63) is 35.9 Å². The molecule has 1 aromatic rings. The molecule has 1 rings (SSSR count). The van der Waals surface area contributed by atoms with Gasteiger partial charge in [-0.3, -0.25) is 0 Å². The van der Waals surface area contributed by atoms with E-state index in [4.69, 9.17) is 10.00 Å². The van der Waals surface area contributed by atoms with Crippen LogP contribution >= 0.6 is 0 Å². The number of nitrogens with zero attached hydrogens (tertiary/aromatic N) is 1. The summed E-state index contributed by atoms with van der Waals surface area (Å²) in [6.07, 6.45) is 0.987. The Hall–Kier alpha value is -1.37. The van der Waals surface area contributed by atoms with E-state index in [0.29, 0.717) is 6.54 Å². The zero-order valence-electron chi connectivity index (χ0n) is 10.4. The fourth-order valence-electron chi connectivity index (χ4n) is 1.61. The molecule has 3 nitrogen and oxygen atoms in total. The molecule has 1 aromatic carbocycles. The van der Waals surface area contributed by atoms with Crippen LogP contribution in [0.15, 0.2) is 30.3 Å². The van der Waals surface area contributed by atoms with Gasteiger partial charge in [0.1, 0.15) is 0 Å². The maximum Gasteiger partial charge on any atom is 0.0837 e. The van der Waals surface area contributed by atoms with Gasteiger partial charge in [0.2, 0.25) is 0 Å². The molecule has 0 radical (unpaired) electrons. The number of nitriles is 1. The lowest BCUT2D eigenvalue weighted by Gasteiger charge is -2.10. The van der Waals surface area contributed by atoms with Crippen molar-refractivity contribution in [3.63, 3.8) is 0 Å². The van der Waals surface area contributed by atoms with Crippen LogP contribution in [0.5, 0.6) is 0 Å². The molecule has 0 aliphatic heterocycles. The molecule has 0 saturated heterocycles. The van der Waals surface area contributed by atoms with Gasteiger partial charge in [0.05, 0.1) is 12.0 Å². The Kier molecular flexibility index (Phi) is 7.04. The Labute approximate surface area is 103 Å². The lowest BCUT2D eigenvalue weighted by Crippen LogP contribution is -2.22. The fourth-order valence-corrected chi connectivity index (χ4v) is 1.61. The van der Waals surface area contributed by atoms with Gasteiger partial charge < -0.3 is 10.1 Å². The van der Waals surface area contributed by atoms with Crippen molar-refractivity contribution in [3.8, 4) is 6.07 Å². The van der Waals surface area contributed by atoms with Crippen LogP contribution in [0.25, 0.3) is 0 Å². The summed E-state index contributed by atoms with van der Waals surface area (Å²) in [6.45, 7) is 5.14. The summed E-state index contributed by atoms with van der Waals surface area (Å²) in [7, 11) is 0. The number of hydrogen-bond acceptors (Lipinski definition) is 3. The Bertz CT molecular complexity index is 332. The van der Waals surface area contributed by atoms with Gasteiger partial charge in [0.25, 0.3) is 0 Å². The molecule has 1 unspecified atom stereocenters. The van der Waals surface area contributed by atoms with Crippen LogP contribution in [0.2, 0.25) is 0 Å². The summed E-state index contributed by atoms with van der Waals surface area (Å²) in [6, 6.07) is 12.2. The average molecular weight is 232 g/mol.